The smallest absolute Gasteiger partial charge is 0.255 e. The lowest BCUT2D eigenvalue weighted by Gasteiger charge is -2.08. The summed E-state index contributed by atoms with van der Waals surface area (Å²) in [6, 6.07) is 9.41. The van der Waals surface area contributed by atoms with Gasteiger partial charge >= 0.3 is 0 Å². The van der Waals surface area contributed by atoms with Crippen molar-refractivity contribution in [3.63, 3.8) is 0 Å². The highest BCUT2D eigenvalue weighted by Crippen LogP contribution is 2.25. The van der Waals surface area contributed by atoms with Crippen LogP contribution in [0.15, 0.2) is 35.4 Å². The zero-order chi connectivity index (χ0) is 17.5. The molecule has 7 nitrogen and oxygen atoms in total. The third-order valence-corrected chi connectivity index (χ3v) is 3.95. The van der Waals surface area contributed by atoms with Crippen molar-refractivity contribution in [2.24, 2.45) is 12.8 Å². The highest BCUT2D eigenvalue weighted by Gasteiger charge is 2.21. The van der Waals surface area contributed by atoms with Crippen molar-refractivity contribution < 1.29 is 14.3 Å². The van der Waals surface area contributed by atoms with E-state index in [0.717, 1.165) is 5.75 Å². The van der Waals surface area contributed by atoms with Gasteiger partial charge in [-0.3, -0.25) is 14.3 Å². The first-order chi connectivity index (χ1) is 11.5. The van der Waals surface area contributed by atoms with E-state index in [2.05, 4.69) is 10.4 Å². The largest absolute Gasteiger partial charge is 0.494 e. The Morgan fingerprint density at radius 2 is 2.04 bits per heavy atom. The maximum absolute atomic E-state index is 12.1. The number of carbonyl (C=O) groups excluding carboxylic acids is 2. The molecule has 0 bridgehead atoms. The molecule has 0 saturated heterocycles. The molecule has 0 aliphatic rings. The zero-order valence-electron chi connectivity index (χ0n) is 13.6. The van der Waals surface area contributed by atoms with Gasteiger partial charge in [0.15, 0.2) is 0 Å². The first-order valence-electron chi connectivity index (χ1n) is 7.41. The maximum atomic E-state index is 12.1. The summed E-state index contributed by atoms with van der Waals surface area (Å²) in [7, 11) is 1.65. The van der Waals surface area contributed by atoms with Gasteiger partial charge in [-0.25, -0.2) is 0 Å². The molecular weight excluding hydrogens is 328 g/mol. The lowest BCUT2D eigenvalue weighted by atomic mass is 10.2. The van der Waals surface area contributed by atoms with Crippen molar-refractivity contribution in [2.45, 2.75) is 17.9 Å². The van der Waals surface area contributed by atoms with E-state index in [1.165, 1.54) is 16.4 Å². The van der Waals surface area contributed by atoms with Crippen LogP contribution in [0.4, 0.5) is 5.82 Å². The van der Waals surface area contributed by atoms with Crippen molar-refractivity contribution in [1.29, 1.82) is 0 Å². The van der Waals surface area contributed by atoms with Crippen LogP contribution >= 0.6 is 11.8 Å². The Balaban J connectivity index is 1.88. The molecule has 0 fully saturated rings. The highest BCUT2D eigenvalue weighted by atomic mass is 32.2. The minimum Gasteiger partial charge on any atom is -0.494 e. The highest BCUT2D eigenvalue weighted by molar-refractivity contribution is 7.98. The van der Waals surface area contributed by atoms with Crippen LogP contribution in [-0.2, 0) is 11.8 Å². The molecule has 1 aromatic heterocycles. The maximum Gasteiger partial charge on any atom is 0.255 e. The first kappa shape index (κ1) is 17.9. The number of carbonyl (C=O) groups is 2. The normalized spacial score (nSPS) is 10.4. The molecule has 128 valence electrons. The van der Waals surface area contributed by atoms with Gasteiger partial charge in [0, 0.05) is 13.5 Å². The molecule has 24 heavy (non-hydrogen) atoms. The molecule has 0 atom stereocenters. The number of nitrogens with one attached hydrogen (secondary N) is 1. The number of primary amides is 1. The molecule has 0 spiro atoms. The number of amides is 2. The number of aromatic nitrogens is 2. The second-order valence-electron chi connectivity index (χ2n) is 5.03. The van der Waals surface area contributed by atoms with Crippen molar-refractivity contribution in [2.75, 3.05) is 18.2 Å². The molecule has 2 aromatic rings. The molecule has 0 aliphatic carbocycles. The molecule has 0 radical (unpaired) electrons. The number of para-hydroxylation sites is 1. The SMILES string of the molecule is CSc1nn(C)c(NC(=O)CCCOc2ccccc2)c1C(N)=O. The van der Waals surface area contributed by atoms with Crippen LogP contribution in [0, 0.1) is 0 Å². The third kappa shape index (κ3) is 4.51. The Labute approximate surface area is 144 Å². The zero-order valence-corrected chi connectivity index (χ0v) is 14.4. The van der Waals surface area contributed by atoms with Crippen LogP contribution in [0.25, 0.3) is 0 Å². The Kier molecular flexibility index (Phi) is 6.25. The van der Waals surface area contributed by atoms with E-state index < -0.39 is 5.91 Å². The minimum atomic E-state index is -0.616. The van der Waals surface area contributed by atoms with E-state index in [4.69, 9.17) is 10.5 Å². The first-order valence-corrected chi connectivity index (χ1v) is 8.64. The van der Waals surface area contributed by atoms with Crippen molar-refractivity contribution in [3.8, 4) is 5.75 Å². The summed E-state index contributed by atoms with van der Waals surface area (Å²) in [5, 5.41) is 7.38. The number of hydrogen-bond acceptors (Lipinski definition) is 5. The average Bonchev–Trinajstić information content (AvgIpc) is 2.88. The number of rotatable bonds is 8. The Bertz CT molecular complexity index is 716. The molecule has 2 rings (SSSR count). The van der Waals surface area contributed by atoms with E-state index in [1.54, 1.807) is 13.3 Å². The lowest BCUT2D eigenvalue weighted by Crippen LogP contribution is -2.19. The second-order valence-corrected chi connectivity index (χ2v) is 5.83. The van der Waals surface area contributed by atoms with Gasteiger partial charge in [-0.05, 0) is 24.8 Å². The molecule has 1 heterocycles. The van der Waals surface area contributed by atoms with Gasteiger partial charge in [-0.2, -0.15) is 5.10 Å². The fraction of sp³-hybridized carbons (Fsp3) is 0.312. The van der Waals surface area contributed by atoms with Crippen molar-refractivity contribution in [1.82, 2.24) is 9.78 Å². The Morgan fingerprint density at radius 1 is 1.33 bits per heavy atom. The lowest BCUT2D eigenvalue weighted by molar-refractivity contribution is -0.116. The quantitative estimate of drug-likeness (QED) is 0.562. The number of anilines is 1. The number of ether oxygens (including phenoxy) is 1. The number of hydrogen-bond donors (Lipinski definition) is 2. The molecule has 0 aliphatic heterocycles. The second kappa shape index (κ2) is 8.39. The van der Waals surface area contributed by atoms with Gasteiger partial charge in [-0.15, -0.1) is 11.8 Å². The summed E-state index contributed by atoms with van der Waals surface area (Å²) in [5.74, 6) is 0.256. The Hall–Kier alpha value is -2.48. The molecular formula is C16H20N4O3S. The summed E-state index contributed by atoms with van der Waals surface area (Å²) in [5.41, 5.74) is 5.62. The fourth-order valence-corrected chi connectivity index (χ4v) is 2.75. The molecule has 8 heteroatoms. The number of benzene rings is 1. The number of thioether (sulfide) groups is 1. The predicted octanol–water partition coefficient (Wildman–Crippen LogP) is 2.04. The van der Waals surface area contributed by atoms with Crippen LogP contribution in [-0.4, -0.2) is 34.5 Å². The summed E-state index contributed by atoms with van der Waals surface area (Å²) < 4.78 is 6.99. The van der Waals surface area contributed by atoms with E-state index in [0.29, 0.717) is 23.9 Å². The van der Waals surface area contributed by atoms with Gasteiger partial charge in [0.2, 0.25) is 5.91 Å². The van der Waals surface area contributed by atoms with Crippen LogP contribution in [0.3, 0.4) is 0 Å². The third-order valence-electron chi connectivity index (χ3n) is 3.27. The van der Waals surface area contributed by atoms with Crippen molar-refractivity contribution in [3.05, 3.63) is 35.9 Å². The van der Waals surface area contributed by atoms with Crippen LogP contribution in [0.2, 0.25) is 0 Å². The summed E-state index contributed by atoms with van der Waals surface area (Å²) in [6.07, 6.45) is 2.62. The minimum absolute atomic E-state index is 0.218. The number of nitrogens with zero attached hydrogens (tertiary/aromatic N) is 2. The molecule has 2 amide bonds. The molecule has 3 N–H and O–H groups in total. The fourth-order valence-electron chi connectivity index (χ4n) is 2.14. The Morgan fingerprint density at radius 3 is 2.67 bits per heavy atom. The summed E-state index contributed by atoms with van der Waals surface area (Å²) in [6.45, 7) is 0.432. The van der Waals surface area contributed by atoms with Gasteiger partial charge in [0.1, 0.15) is 22.2 Å². The molecule has 0 unspecified atom stereocenters. The van der Waals surface area contributed by atoms with E-state index in [9.17, 15) is 9.59 Å². The predicted molar refractivity (Wildman–Crippen MR) is 93.3 cm³/mol. The standard InChI is InChI=1S/C16H20N4O3S/c1-20-15(13(14(17)22)16(19-20)24-2)18-12(21)9-6-10-23-11-7-4-3-5-8-11/h3-5,7-8H,6,9-10H2,1-2H3,(H2,17,22)(H,18,21). The van der Waals surface area contributed by atoms with Crippen LogP contribution < -0.4 is 15.8 Å². The topological polar surface area (TPSA) is 99.2 Å². The van der Waals surface area contributed by atoms with Crippen LogP contribution in [0.5, 0.6) is 5.75 Å². The van der Waals surface area contributed by atoms with Gasteiger partial charge in [-0.1, -0.05) is 18.2 Å². The monoisotopic (exact) mass is 348 g/mol. The number of nitrogens with two attached hydrogens (primary N) is 1. The molecule has 1 aromatic carbocycles. The summed E-state index contributed by atoms with van der Waals surface area (Å²) >= 11 is 1.30. The van der Waals surface area contributed by atoms with Gasteiger partial charge in [0.25, 0.3) is 5.91 Å². The van der Waals surface area contributed by atoms with E-state index in [1.807, 2.05) is 30.3 Å². The van der Waals surface area contributed by atoms with Gasteiger partial charge in [0.05, 0.1) is 6.61 Å². The van der Waals surface area contributed by atoms with E-state index >= 15 is 0 Å². The van der Waals surface area contributed by atoms with Crippen LogP contribution in [0.1, 0.15) is 23.2 Å². The van der Waals surface area contributed by atoms with E-state index in [-0.39, 0.29) is 17.9 Å². The average molecular weight is 348 g/mol. The van der Waals surface area contributed by atoms with Gasteiger partial charge < -0.3 is 15.8 Å². The number of aryl methyl sites for hydroxylation is 1. The summed E-state index contributed by atoms with van der Waals surface area (Å²) in [4.78, 5) is 23.7. The van der Waals surface area contributed by atoms with Crippen molar-refractivity contribution >= 4 is 29.4 Å². The molecule has 0 saturated carbocycles.